The summed E-state index contributed by atoms with van der Waals surface area (Å²) < 4.78 is 53.1. The van der Waals surface area contributed by atoms with Gasteiger partial charge in [-0.05, 0) is 42.3 Å². The lowest BCUT2D eigenvalue weighted by atomic mass is 9.99. The van der Waals surface area contributed by atoms with Crippen molar-refractivity contribution in [2.45, 2.75) is 39.0 Å². The fraction of sp³-hybridized carbons (Fsp3) is 0.290. The number of hydrogen-bond donors (Lipinski definition) is 1. The molecule has 2 aromatic carbocycles. The summed E-state index contributed by atoms with van der Waals surface area (Å²) in [6, 6.07) is 19.1. The molecule has 0 saturated carbocycles. The van der Waals surface area contributed by atoms with Crippen molar-refractivity contribution in [3.63, 3.8) is 0 Å². The third kappa shape index (κ3) is 6.79. The Morgan fingerprint density at radius 3 is 2.43 bits per heavy atom. The minimum absolute atomic E-state index is 0.0424. The highest BCUT2D eigenvalue weighted by Gasteiger charge is 2.34. The van der Waals surface area contributed by atoms with Crippen molar-refractivity contribution in [1.29, 1.82) is 0 Å². The predicted octanol–water partition coefficient (Wildman–Crippen LogP) is 5.74. The van der Waals surface area contributed by atoms with Crippen molar-refractivity contribution in [3.05, 3.63) is 83.7 Å². The topological polar surface area (TPSA) is 103 Å². The molecule has 1 unspecified atom stereocenters. The minimum atomic E-state index is -4.64. The number of hydrogen-bond acceptors (Lipinski definition) is 7. The Morgan fingerprint density at radius 2 is 1.76 bits per heavy atom. The number of nitrogens with two attached hydrogens (primary N) is 1. The Labute approximate surface area is 241 Å². The van der Waals surface area contributed by atoms with Crippen molar-refractivity contribution in [3.8, 4) is 34.0 Å². The number of nitrogen functional groups attached to an aromatic ring is 1. The summed E-state index contributed by atoms with van der Waals surface area (Å²) in [6.45, 7) is 4.50. The molecule has 2 aromatic heterocycles. The summed E-state index contributed by atoms with van der Waals surface area (Å²) in [5, 5.41) is 0. The van der Waals surface area contributed by atoms with Gasteiger partial charge in [-0.15, -0.1) is 0 Å². The number of anilines is 1. The second kappa shape index (κ2) is 12.1. The van der Waals surface area contributed by atoms with Crippen LogP contribution in [0.2, 0.25) is 0 Å². The van der Waals surface area contributed by atoms with E-state index in [2.05, 4.69) is 15.0 Å². The fourth-order valence-corrected chi connectivity index (χ4v) is 4.89. The number of nitrogens with zero attached hydrogens (tertiary/aromatic N) is 4. The van der Waals surface area contributed by atoms with E-state index in [1.54, 1.807) is 42.2 Å². The van der Waals surface area contributed by atoms with Crippen LogP contribution in [-0.2, 0) is 17.4 Å². The first kappa shape index (κ1) is 28.8. The molecule has 1 atom stereocenters. The molecule has 1 aliphatic heterocycles. The number of amides is 1. The summed E-state index contributed by atoms with van der Waals surface area (Å²) >= 11 is 0. The Morgan fingerprint density at radius 1 is 1.02 bits per heavy atom. The third-order valence-corrected chi connectivity index (χ3v) is 6.92. The van der Waals surface area contributed by atoms with Crippen LogP contribution in [0.25, 0.3) is 22.4 Å². The molecule has 1 aliphatic rings. The van der Waals surface area contributed by atoms with Crippen LogP contribution in [-0.4, -0.2) is 51.6 Å². The first-order chi connectivity index (χ1) is 20.1. The van der Waals surface area contributed by atoms with Gasteiger partial charge in [0.2, 0.25) is 17.7 Å². The molecular weight excluding hydrogens is 547 g/mol. The summed E-state index contributed by atoms with van der Waals surface area (Å²) in [6.07, 6.45) is -3.40. The SMILES string of the molecule is CC(=O)N1CCC(Oc2ccc(CCOc3nc(N)nc(-c4ccccc4)c3-c3cc(C)nc(C(F)(F)F)c3)cc2)C1. The lowest BCUT2D eigenvalue weighted by Gasteiger charge is -2.17. The van der Waals surface area contributed by atoms with Crippen molar-refractivity contribution in [1.82, 2.24) is 19.9 Å². The van der Waals surface area contributed by atoms with Crippen LogP contribution in [0.3, 0.4) is 0 Å². The number of rotatable bonds is 8. The molecule has 11 heteroatoms. The quantitative estimate of drug-likeness (QED) is 0.285. The maximum Gasteiger partial charge on any atom is 0.433 e. The highest BCUT2D eigenvalue weighted by Crippen LogP contribution is 2.40. The van der Waals surface area contributed by atoms with E-state index in [4.69, 9.17) is 15.2 Å². The van der Waals surface area contributed by atoms with Gasteiger partial charge in [-0.3, -0.25) is 4.79 Å². The number of ether oxygens (including phenoxy) is 2. The van der Waals surface area contributed by atoms with Gasteiger partial charge in [0.25, 0.3) is 0 Å². The molecule has 2 N–H and O–H groups in total. The Bertz CT molecular complexity index is 1560. The lowest BCUT2D eigenvalue weighted by Crippen LogP contribution is -2.28. The molecule has 0 bridgehead atoms. The van der Waals surface area contributed by atoms with Gasteiger partial charge in [0.05, 0.1) is 24.4 Å². The zero-order chi connectivity index (χ0) is 29.9. The normalized spacial score (nSPS) is 15.1. The smallest absolute Gasteiger partial charge is 0.433 e. The van der Waals surface area contributed by atoms with Gasteiger partial charge in [-0.1, -0.05) is 42.5 Å². The van der Waals surface area contributed by atoms with E-state index >= 15 is 0 Å². The molecule has 5 rings (SSSR count). The molecule has 1 amide bonds. The lowest BCUT2D eigenvalue weighted by molar-refractivity contribution is -0.141. The minimum Gasteiger partial charge on any atom is -0.489 e. The van der Waals surface area contributed by atoms with Crippen molar-refractivity contribution < 1.29 is 27.4 Å². The summed E-state index contributed by atoms with van der Waals surface area (Å²) in [4.78, 5) is 25.7. The van der Waals surface area contributed by atoms with Gasteiger partial charge in [0.15, 0.2) is 0 Å². The molecule has 3 heterocycles. The second-order valence-electron chi connectivity index (χ2n) is 10.1. The maximum atomic E-state index is 13.7. The standard InChI is InChI=1S/C31H30F3N5O3/c1-19-16-23(17-26(36-19)31(32,33)34)27-28(22-6-4-3-5-7-22)37-30(35)38-29(27)41-15-13-21-8-10-24(11-9-21)42-25-12-14-39(18-25)20(2)40/h3-11,16-17,25H,12-15,18H2,1-2H3,(H2,35,37,38). The van der Waals surface area contributed by atoms with E-state index in [9.17, 15) is 18.0 Å². The number of alkyl halides is 3. The molecule has 0 radical (unpaired) electrons. The second-order valence-corrected chi connectivity index (χ2v) is 10.1. The van der Waals surface area contributed by atoms with E-state index in [1.807, 2.05) is 30.3 Å². The van der Waals surface area contributed by atoms with Crippen LogP contribution >= 0.6 is 0 Å². The van der Waals surface area contributed by atoms with Crippen molar-refractivity contribution >= 4 is 11.9 Å². The van der Waals surface area contributed by atoms with Crippen LogP contribution in [0.4, 0.5) is 19.1 Å². The zero-order valence-electron chi connectivity index (χ0n) is 23.2. The number of aromatic nitrogens is 3. The number of likely N-dealkylation sites (tertiary alicyclic amines) is 1. The van der Waals surface area contributed by atoms with E-state index in [0.29, 0.717) is 42.1 Å². The highest BCUT2D eigenvalue weighted by molar-refractivity contribution is 5.85. The number of pyridine rings is 1. The van der Waals surface area contributed by atoms with Crippen molar-refractivity contribution in [2.75, 3.05) is 25.4 Å². The summed E-state index contributed by atoms with van der Waals surface area (Å²) in [7, 11) is 0. The first-order valence-electron chi connectivity index (χ1n) is 13.5. The molecule has 0 aliphatic carbocycles. The molecular formula is C31H30F3N5O3. The van der Waals surface area contributed by atoms with E-state index in [1.165, 1.54) is 6.92 Å². The Balaban J connectivity index is 1.37. The third-order valence-electron chi connectivity index (χ3n) is 6.92. The summed E-state index contributed by atoms with van der Waals surface area (Å²) in [5.41, 5.74) is 7.69. The molecule has 1 fully saturated rings. The monoisotopic (exact) mass is 577 g/mol. The number of aryl methyl sites for hydroxylation is 1. The maximum absolute atomic E-state index is 13.7. The van der Waals surface area contributed by atoms with Crippen LogP contribution in [0.5, 0.6) is 11.6 Å². The average molecular weight is 578 g/mol. The number of benzene rings is 2. The van der Waals surface area contributed by atoms with Gasteiger partial charge >= 0.3 is 6.18 Å². The van der Waals surface area contributed by atoms with Gasteiger partial charge in [-0.25, -0.2) is 9.97 Å². The highest BCUT2D eigenvalue weighted by atomic mass is 19.4. The number of carbonyl (C=O) groups is 1. The van der Waals surface area contributed by atoms with Gasteiger partial charge < -0.3 is 20.1 Å². The molecule has 218 valence electrons. The van der Waals surface area contributed by atoms with E-state index in [0.717, 1.165) is 18.1 Å². The average Bonchev–Trinajstić information content (AvgIpc) is 3.42. The number of halogens is 3. The van der Waals surface area contributed by atoms with Crippen LogP contribution in [0.15, 0.2) is 66.7 Å². The first-order valence-corrected chi connectivity index (χ1v) is 13.5. The molecule has 42 heavy (non-hydrogen) atoms. The van der Waals surface area contributed by atoms with Crippen LogP contribution < -0.4 is 15.2 Å². The van der Waals surface area contributed by atoms with Gasteiger partial charge in [-0.2, -0.15) is 18.2 Å². The zero-order valence-corrected chi connectivity index (χ0v) is 23.2. The molecule has 0 spiro atoms. The predicted molar refractivity (Wildman–Crippen MR) is 152 cm³/mol. The van der Waals surface area contributed by atoms with Gasteiger partial charge in [0, 0.05) is 37.6 Å². The van der Waals surface area contributed by atoms with Crippen LogP contribution in [0.1, 0.15) is 30.3 Å². The Kier molecular flexibility index (Phi) is 8.28. The fourth-order valence-electron chi connectivity index (χ4n) is 4.89. The number of carbonyl (C=O) groups excluding carboxylic acids is 1. The molecule has 8 nitrogen and oxygen atoms in total. The van der Waals surface area contributed by atoms with Crippen molar-refractivity contribution in [2.24, 2.45) is 0 Å². The Hall–Kier alpha value is -4.67. The molecule has 4 aromatic rings. The van der Waals surface area contributed by atoms with E-state index in [-0.39, 0.29) is 41.7 Å². The van der Waals surface area contributed by atoms with Gasteiger partial charge in [0.1, 0.15) is 17.5 Å². The largest absolute Gasteiger partial charge is 0.489 e. The summed E-state index contributed by atoms with van der Waals surface area (Å²) in [5.74, 6) is 0.769. The molecule has 1 saturated heterocycles. The van der Waals surface area contributed by atoms with Crippen LogP contribution in [0, 0.1) is 6.92 Å². The van der Waals surface area contributed by atoms with E-state index < -0.39 is 11.9 Å².